The molecule has 0 fully saturated rings. The monoisotopic (exact) mass is 233 g/mol. The van der Waals surface area contributed by atoms with Gasteiger partial charge in [0.25, 0.3) is 5.91 Å². The molecular formula is C13H19N3O. The van der Waals surface area contributed by atoms with Crippen LogP contribution in [0.5, 0.6) is 0 Å². The summed E-state index contributed by atoms with van der Waals surface area (Å²) >= 11 is 0. The van der Waals surface area contributed by atoms with Gasteiger partial charge in [-0.3, -0.25) is 9.89 Å². The van der Waals surface area contributed by atoms with Crippen LogP contribution < -0.4 is 5.32 Å². The molecule has 0 saturated carbocycles. The summed E-state index contributed by atoms with van der Waals surface area (Å²) in [6.45, 7) is 6.50. The third-order valence-electron chi connectivity index (χ3n) is 2.24. The minimum atomic E-state index is -0.132. The highest BCUT2D eigenvalue weighted by Crippen LogP contribution is 1.98. The number of hydrogen-bond donors (Lipinski definition) is 2. The Hall–Kier alpha value is -1.84. The van der Waals surface area contributed by atoms with Crippen LogP contribution in [0.3, 0.4) is 0 Å². The fraction of sp³-hybridized carbons (Fsp3) is 0.385. The highest BCUT2D eigenvalue weighted by molar-refractivity contribution is 5.92. The summed E-state index contributed by atoms with van der Waals surface area (Å²) in [5.41, 5.74) is 2.52. The molecule has 0 atom stereocenters. The van der Waals surface area contributed by atoms with Gasteiger partial charge in [0.15, 0.2) is 0 Å². The fourth-order valence-corrected chi connectivity index (χ4v) is 1.42. The Labute approximate surface area is 102 Å². The molecule has 1 amide bonds. The third-order valence-corrected chi connectivity index (χ3v) is 2.24. The van der Waals surface area contributed by atoms with Crippen molar-refractivity contribution in [2.45, 2.75) is 27.2 Å². The summed E-state index contributed by atoms with van der Waals surface area (Å²) in [4.78, 5) is 11.6. The molecule has 17 heavy (non-hydrogen) atoms. The molecule has 0 aromatic carbocycles. The van der Waals surface area contributed by atoms with Gasteiger partial charge in [-0.2, -0.15) is 5.10 Å². The van der Waals surface area contributed by atoms with Gasteiger partial charge in [-0.25, -0.2) is 0 Å². The maximum atomic E-state index is 11.6. The molecule has 0 radical (unpaired) electrons. The second-order valence-corrected chi connectivity index (χ2v) is 3.89. The molecule has 1 aromatic rings. The van der Waals surface area contributed by atoms with Crippen molar-refractivity contribution in [3.63, 3.8) is 0 Å². The van der Waals surface area contributed by atoms with Crippen molar-refractivity contribution in [2.24, 2.45) is 0 Å². The molecule has 0 aliphatic carbocycles. The van der Waals surface area contributed by atoms with Gasteiger partial charge in [-0.15, -0.1) is 0 Å². The van der Waals surface area contributed by atoms with E-state index < -0.39 is 0 Å². The Morgan fingerprint density at radius 1 is 1.59 bits per heavy atom. The van der Waals surface area contributed by atoms with Gasteiger partial charge in [0.1, 0.15) is 5.69 Å². The van der Waals surface area contributed by atoms with Gasteiger partial charge in [0, 0.05) is 6.54 Å². The first-order valence-corrected chi connectivity index (χ1v) is 5.77. The number of amides is 1. The Bertz CT molecular complexity index is 430. The van der Waals surface area contributed by atoms with E-state index in [1.54, 1.807) is 6.07 Å². The molecule has 1 aromatic heterocycles. The Kier molecular flexibility index (Phi) is 5.20. The molecule has 0 spiro atoms. The molecule has 4 heteroatoms. The topological polar surface area (TPSA) is 57.8 Å². The van der Waals surface area contributed by atoms with E-state index in [0.717, 1.165) is 12.1 Å². The molecule has 1 rings (SSSR count). The summed E-state index contributed by atoms with van der Waals surface area (Å²) in [6.07, 6.45) is 7.09. The van der Waals surface area contributed by atoms with Crippen LogP contribution in [0.4, 0.5) is 0 Å². The highest BCUT2D eigenvalue weighted by Gasteiger charge is 2.05. The van der Waals surface area contributed by atoms with E-state index in [1.807, 2.05) is 26.0 Å². The number of hydrogen-bond acceptors (Lipinski definition) is 2. The Balaban J connectivity index is 2.37. The van der Waals surface area contributed by atoms with Gasteiger partial charge in [-0.1, -0.05) is 30.7 Å². The van der Waals surface area contributed by atoms with Crippen molar-refractivity contribution < 1.29 is 4.79 Å². The van der Waals surface area contributed by atoms with Crippen LogP contribution in [-0.4, -0.2) is 22.6 Å². The maximum absolute atomic E-state index is 11.6. The summed E-state index contributed by atoms with van der Waals surface area (Å²) in [5, 5.41) is 9.37. The Morgan fingerprint density at radius 2 is 2.35 bits per heavy atom. The van der Waals surface area contributed by atoms with Gasteiger partial charge in [0.2, 0.25) is 0 Å². The summed E-state index contributed by atoms with van der Waals surface area (Å²) in [5.74, 6) is -0.132. The maximum Gasteiger partial charge on any atom is 0.269 e. The summed E-state index contributed by atoms with van der Waals surface area (Å²) in [7, 11) is 0. The van der Waals surface area contributed by atoms with Gasteiger partial charge < -0.3 is 5.32 Å². The first kappa shape index (κ1) is 13.2. The van der Waals surface area contributed by atoms with Gasteiger partial charge in [-0.05, 0) is 26.3 Å². The molecule has 0 aliphatic rings. The van der Waals surface area contributed by atoms with Crippen molar-refractivity contribution in [3.05, 3.63) is 41.3 Å². The van der Waals surface area contributed by atoms with E-state index in [0.29, 0.717) is 12.2 Å². The van der Waals surface area contributed by atoms with E-state index in [1.165, 1.54) is 5.57 Å². The molecule has 0 saturated heterocycles. The number of nitrogens with zero attached hydrogens (tertiary/aromatic N) is 1. The number of carbonyl (C=O) groups excluding carboxylic acids is 1. The molecule has 92 valence electrons. The van der Waals surface area contributed by atoms with Crippen LogP contribution in [0, 0.1) is 6.92 Å². The number of H-pyrrole nitrogens is 1. The standard InChI is InChI=1S/C13H19N3O/c1-4-6-10(2)7-5-8-14-13(17)12-9-11(3)15-16-12/h5-7,9H,4,8H2,1-3H3,(H,14,17)(H,15,16)/b7-5-,10-6+. The van der Waals surface area contributed by atoms with Crippen molar-refractivity contribution in [2.75, 3.05) is 6.54 Å². The normalized spacial score (nSPS) is 12.1. The minimum Gasteiger partial charge on any atom is -0.347 e. The number of aromatic amines is 1. The van der Waals surface area contributed by atoms with Crippen LogP contribution in [-0.2, 0) is 0 Å². The van der Waals surface area contributed by atoms with E-state index in [2.05, 4.69) is 28.5 Å². The van der Waals surface area contributed by atoms with Crippen LogP contribution in [0.2, 0.25) is 0 Å². The molecule has 0 unspecified atom stereocenters. The van der Waals surface area contributed by atoms with Crippen molar-refractivity contribution >= 4 is 5.91 Å². The zero-order valence-electron chi connectivity index (χ0n) is 10.6. The zero-order chi connectivity index (χ0) is 12.7. The van der Waals surface area contributed by atoms with Gasteiger partial charge >= 0.3 is 0 Å². The molecule has 4 nitrogen and oxygen atoms in total. The number of aromatic nitrogens is 2. The summed E-state index contributed by atoms with van der Waals surface area (Å²) in [6, 6.07) is 1.72. The lowest BCUT2D eigenvalue weighted by molar-refractivity contribution is 0.0953. The fourth-order valence-electron chi connectivity index (χ4n) is 1.42. The predicted octanol–water partition coefficient (Wildman–Crippen LogP) is 2.36. The minimum absolute atomic E-state index is 0.132. The molecule has 0 bridgehead atoms. The Morgan fingerprint density at radius 3 is 2.94 bits per heavy atom. The third kappa shape index (κ3) is 4.68. The van der Waals surface area contributed by atoms with E-state index in [9.17, 15) is 4.79 Å². The number of rotatable bonds is 5. The van der Waals surface area contributed by atoms with Crippen LogP contribution in [0.15, 0.2) is 29.9 Å². The van der Waals surface area contributed by atoms with E-state index >= 15 is 0 Å². The SMILES string of the molecule is CC/C=C(C)/C=C\CNC(=O)c1cc(C)n[nH]1. The van der Waals surface area contributed by atoms with Crippen molar-refractivity contribution in [1.82, 2.24) is 15.5 Å². The van der Waals surface area contributed by atoms with E-state index in [4.69, 9.17) is 0 Å². The molecule has 2 N–H and O–H groups in total. The summed E-state index contributed by atoms with van der Waals surface area (Å²) < 4.78 is 0. The number of nitrogens with one attached hydrogen (secondary N) is 2. The van der Waals surface area contributed by atoms with Crippen LogP contribution >= 0.6 is 0 Å². The van der Waals surface area contributed by atoms with Crippen molar-refractivity contribution in [1.29, 1.82) is 0 Å². The lowest BCUT2D eigenvalue weighted by Crippen LogP contribution is -2.23. The van der Waals surface area contributed by atoms with Gasteiger partial charge in [0.05, 0.1) is 5.69 Å². The number of aryl methyl sites for hydroxylation is 1. The second-order valence-electron chi connectivity index (χ2n) is 3.89. The molecule has 0 aliphatic heterocycles. The number of carbonyl (C=O) groups is 1. The predicted molar refractivity (Wildman–Crippen MR) is 68.8 cm³/mol. The molecule has 1 heterocycles. The lowest BCUT2D eigenvalue weighted by atomic mass is 10.2. The first-order valence-electron chi connectivity index (χ1n) is 5.77. The highest BCUT2D eigenvalue weighted by atomic mass is 16.1. The van der Waals surface area contributed by atoms with Crippen LogP contribution in [0.1, 0.15) is 36.5 Å². The largest absolute Gasteiger partial charge is 0.347 e. The zero-order valence-corrected chi connectivity index (χ0v) is 10.6. The first-order chi connectivity index (χ1) is 8.13. The second kappa shape index (κ2) is 6.68. The number of allylic oxidation sites excluding steroid dienone is 3. The van der Waals surface area contributed by atoms with Crippen molar-refractivity contribution in [3.8, 4) is 0 Å². The lowest BCUT2D eigenvalue weighted by Gasteiger charge is -1.98. The van der Waals surface area contributed by atoms with E-state index in [-0.39, 0.29) is 5.91 Å². The average Bonchev–Trinajstić information content (AvgIpc) is 2.71. The quantitative estimate of drug-likeness (QED) is 0.767. The van der Waals surface area contributed by atoms with Crippen LogP contribution in [0.25, 0.3) is 0 Å². The molecular weight excluding hydrogens is 214 g/mol. The average molecular weight is 233 g/mol. The smallest absolute Gasteiger partial charge is 0.269 e.